The summed E-state index contributed by atoms with van der Waals surface area (Å²) in [5.74, 6) is 0.305. The number of hydrogen-bond acceptors (Lipinski definition) is 4. The molecule has 22 heavy (non-hydrogen) atoms. The maximum atomic E-state index is 12.6. The van der Waals surface area contributed by atoms with Gasteiger partial charge < -0.3 is 9.64 Å². The third kappa shape index (κ3) is 3.78. The summed E-state index contributed by atoms with van der Waals surface area (Å²) in [7, 11) is 0.0296. The van der Waals surface area contributed by atoms with Gasteiger partial charge >= 0.3 is 0 Å². The molecule has 2 rings (SSSR count). The van der Waals surface area contributed by atoms with Crippen LogP contribution in [0, 0.1) is 5.92 Å². The molecule has 1 atom stereocenters. The molecule has 0 unspecified atom stereocenters. The van der Waals surface area contributed by atoms with Crippen molar-refractivity contribution in [3.05, 3.63) is 24.3 Å². The molecule has 1 aliphatic rings. The second kappa shape index (κ2) is 6.66. The van der Waals surface area contributed by atoms with Gasteiger partial charge in [-0.05, 0) is 25.0 Å². The molecule has 0 spiro atoms. The van der Waals surface area contributed by atoms with Crippen molar-refractivity contribution in [2.75, 3.05) is 38.4 Å². The fourth-order valence-corrected chi connectivity index (χ4v) is 3.58. The smallest absolute Gasteiger partial charge is 0.231 e. The lowest BCUT2D eigenvalue weighted by Crippen LogP contribution is -2.45. The van der Waals surface area contributed by atoms with E-state index in [2.05, 4.69) is 0 Å². The van der Waals surface area contributed by atoms with Gasteiger partial charge in [-0.2, -0.15) is 0 Å². The number of piperidine rings is 1. The molecule has 1 aromatic carbocycles. The zero-order chi connectivity index (χ0) is 16.3. The zero-order valence-electron chi connectivity index (χ0n) is 13.2. The standard InChI is InChI=1S/C15H22N2O4S/c1-16(13-7-4-8-14(10-13)21-2)15(18)12-6-5-9-17(11-12)22(3,19)20/h4,7-8,10,12H,5-6,9,11H2,1-3H3/t12-/m1/s1. The van der Waals surface area contributed by atoms with Gasteiger partial charge in [0.15, 0.2) is 0 Å². The first-order valence-corrected chi connectivity index (χ1v) is 9.04. The van der Waals surface area contributed by atoms with Gasteiger partial charge in [0.25, 0.3) is 0 Å². The summed E-state index contributed by atoms with van der Waals surface area (Å²) >= 11 is 0. The van der Waals surface area contributed by atoms with E-state index in [1.165, 1.54) is 10.6 Å². The van der Waals surface area contributed by atoms with Crippen molar-refractivity contribution in [2.24, 2.45) is 5.92 Å². The summed E-state index contributed by atoms with van der Waals surface area (Å²) in [5, 5.41) is 0. The monoisotopic (exact) mass is 326 g/mol. The Bertz CT molecular complexity index is 645. The van der Waals surface area contributed by atoms with E-state index in [0.29, 0.717) is 25.1 Å². The Labute approximate surface area is 131 Å². The molecule has 1 fully saturated rings. The van der Waals surface area contributed by atoms with Crippen LogP contribution in [0.3, 0.4) is 0 Å². The molecule has 1 amide bonds. The first kappa shape index (κ1) is 16.8. The van der Waals surface area contributed by atoms with Crippen LogP contribution >= 0.6 is 0 Å². The highest BCUT2D eigenvalue weighted by Crippen LogP contribution is 2.25. The van der Waals surface area contributed by atoms with E-state index in [0.717, 1.165) is 5.69 Å². The molecule has 1 heterocycles. The Morgan fingerprint density at radius 3 is 2.77 bits per heavy atom. The van der Waals surface area contributed by atoms with Crippen molar-refractivity contribution in [3.63, 3.8) is 0 Å². The number of amides is 1. The number of hydrogen-bond donors (Lipinski definition) is 0. The highest BCUT2D eigenvalue weighted by molar-refractivity contribution is 7.88. The van der Waals surface area contributed by atoms with E-state index >= 15 is 0 Å². The van der Waals surface area contributed by atoms with Crippen LogP contribution in [0.5, 0.6) is 5.75 Å². The van der Waals surface area contributed by atoms with Crippen LogP contribution in [0.1, 0.15) is 12.8 Å². The third-order valence-electron chi connectivity index (χ3n) is 3.97. The quantitative estimate of drug-likeness (QED) is 0.837. The summed E-state index contributed by atoms with van der Waals surface area (Å²) in [4.78, 5) is 14.2. The molecule has 6 nitrogen and oxygen atoms in total. The van der Waals surface area contributed by atoms with Crippen LogP contribution in [0.2, 0.25) is 0 Å². The minimum atomic E-state index is -3.25. The lowest BCUT2D eigenvalue weighted by atomic mass is 9.98. The number of carbonyl (C=O) groups is 1. The lowest BCUT2D eigenvalue weighted by Gasteiger charge is -2.32. The van der Waals surface area contributed by atoms with E-state index in [-0.39, 0.29) is 18.4 Å². The minimum absolute atomic E-state index is 0.0680. The molecule has 1 aliphatic heterocycles. The van der Waals surface area contributed by atoms with Crippen molar-refractivity contribution in [1.29, 1.82) is 0 Å². The van der Waals surface area contributed by atoms with Crippen molar-refractivity contribution in [3.8, 4) is 5.75 Å². The van der Waals surface area contributed by atoms with Crippen LogP contribution in [0.25, 0.3) is 0 Å². The number of rotatable bonds is 4. The summed E-state index contributed by atoms with van der Waals surface area (Å²) in [6.07, 6.45) is 2.60. The first-order chi connectivity index (χ1) is 10.3. The van der Waals surface area contributed by atoms with E-state index in [4.69, 9.17) is 4.74 Å². The first-order valence-electron chi connectivity index (χ1n) is 7.19. The molecule has 0 saturated carbocycles. The SMILES string of the molecule is COc1cccc(N(C)C(=O)[C@@H]2CCCN(S(C)(=O)=O)C2)c1. The number of carbonyl (C=O) groups excluding carboxylic acids is 1. The van der Waals surface area contributed by atoms with Gasteiger partial charge in [0.05, 0.1) is 19.3 Å². The van der Waals surface area contributed by atoms with Crippen LogP contribution in [0.4, 0.5) is 5.69 Å². The maximum absolute atomic E-state index is 12.6. The number of sulfonamides is 1. The largest absolute Gasteiger partial charge is 0.497 e. The Hall–Kier alpha value is -1.60. The molecular weight excluding hydrogens is 304 g/mol. The predicted octanol–water partition coefficient (Wildman–Crippen LogP) is 1.33. The van der Waals surface area contributed by atoms with Gasteiger partial charge in [0, 0.05) is 31.9 Å². The average Bonchev–Trinajstić information content (AvgIpc) is 2.53. The second-order valence-electron chi connectivity index (χ2n) is 5.56. The summed E-state index contributed by atoms with van der Waals surface area (Å²) in [5.41, 5.74) is 0.737. The highest BCUT2D eigenvalue weighted by atomic mass is 32.2. The second-order valence-corrected chi connectivity index (χ2v) is 7.54. The van der Waals surface area contributed by atoms with Gasteiger partial charge in [0.1, 0.15) is 5.75 Å². The molecule has 0 bridgehead atoms. The maximum Gasteiger partial charge on any atom is 0.231 e. The van der Waals surface area contributed by atoms with Crippen molar-refractivity contribution in [2.45, 2.75) is 12.8 Å². The van der Waals surface area contributed by atoms with Crippen LogP contribution in [-0.2, 0) is 14.8 Å². The molecule has 1 saturated heterocycles. The zero-order valence-corrected chi connectivity index (χ0v) is 14.0. The highest BCUT2D eigenvalue weighted by Gasteiger charge is 2.32. The van der Waals surface area contributed by atoms with E-state index in [1.54, 1.807) is 25.1 Å². The number of nitrogens with zero attached hydrogens (tertiary/aromatic N) is 2. The molecule has 0 aromatic heterocycles. The van der Waals surface area contributed by atoms with E-state index in [1.807, 2.05) is 18.2 Å². The number of anilines is 1. The molecule has 0 N–H and O–H groups in total. The van der Waals surface area contributed by atoms with Gasteiger partial charge in [-0.15, -0.1) is 0 Å². The van der Waals surface area contributed by atoms with E-state index in [9.17, 15) is 13.2 Å². The van der Waals surface area contributed by atoms with Gasteiger partial charge in [-0.3, -0.25) is 4.79 Å². The Kier molecular flexibility index (Phi) is 5.08. The fraction of sp³-hybridized carbons (Fsp3) is 0.533. The predicted molar refractivity (Wildman–Crippen MR) is 85.5 cm³/mol. The molecule has 7 heteroatoms. The molecule has 0 radical (unpaired) electrons. The molecule has 0 aliphatic carbocycles. The van der Waals surface area contributed by atoms with Gasteiger partial charge in [0.2, 0.25) is 15.9 Å². The van der Waals surface area contributed by atoms with Crippen molar-refractivity contribution in [1.82, 2.24) is 4.31 Å². The molecule has 122 valence electrons. The normalized spacial score (nSPS) is 19.7. The Balaban J connectivity index is 2.13. The molecular formula is C15H22N2O4S. The summed E-state index contributed by atoms with van der Waals surface area (Å²) in [6, 6.07) is 7.25. The van der Waals surface area contributed by atoms with Crippen LogP contribution in [-0.4, -0.2) is 52.1 Å². The number of benzene rings is 1. The van der Waals surface area contributed by atoms with E-state index < -0.39 is 10.0 Å². The fourth-order valence-electron chi connectivity index (χ4n) is 2.67. The van der Waals surface area contributed by atoms with Gasteiger partial charge in [-0.1, -0.05) is 6.07 Å². The van der Waals surface area contributed by atoms with Crippen molar-refractivity contribution >= 4 is 21.6 Å². The van der Waals surface area contributed by atoms with Crippen LogP contribution < -0.4 is 9.64 Å². The minimum Gasteiger partial charge on any atom is -0.497 e. The van der Waals surface area contributed by atoms with Crippen molar-refractivity contribution < 1.29 is 17.9 Å². The third-order valence-corrected chi connectivity index (χ3v) is 5.24. The average molecular weight is 326 g/mol. The summed E-state index contributed by atoms with van der Waals surface area (Å²) < 4.78 is 29.9. The van der Waals surface area contributed by atoms with Gasteiger partial charge in [-0.25, -0.2) is 12.7 Å². The summed E-state index contributed by atoms with van der Waals surface area (Å²) in [6.45, 7) is 0.747. The number of methoxy groups -OCH3 is 1. The Morgan fingerprint density at radius 2 is 2.14 bits per heavy atom. The lowest BCUT2D eigenvalue weighted by molar-refractivity contribution is -0.123. The number of ether oxygens (including phenoxy) is 1. The van der Waals surface area contributed by atoms with Crippen LogP contribution in [0.15, 0.2) is 24.3 Å². The topological polar surface area (TPSA) is 66.9 Å². The molecule has 1 aromatic rings. The Morgan fingerprint density at radius 1 is 1.41 bits per heavy atom.